The SMILES string of the molecule is Cc1ccc(Cn2c(-c3nnc(C)o3)cc3ccccc32)cc1. The molecule has 114 valence electrons. The van der Waals surface area contributed by atoms with Gasteiger partial charge in [-0.1, -0.05) is 48.0 Å². The fourth-order valence-electron chi connectivity index (χ4n) is 2.83. The van der Waals surface area contributed by atoms with Crippen molar-refractivity contribution in [3.05, 3.63) is 71.6 Å². The summed E-state index contributed by atoms with van der Waals surface area (Å²) >= 11 is 0. The Kier molecular flexibility index (Phi) is 3.23. The van der Waals surface area contributed by atoms with Gasteiger partial charge in [0.1, 0.15) is 5.69 Å². The summed E-state index contributed by atoms with van der Waals surface area (Å²) in [5, 5.41) is 9.32. The number of rotatable bonds is 3. The van der Waals surface area contributed by atoms with Crippen LogP contribution in [0.15, 0.2) is 59.0 Å². The molecule has 0 amide bonds. The van der Waals surface area contributed by atoms with Gasteiger partial charge in [0, 0.05) is 24.4 Å². The minimum atomic E-state index is 0.561. The second-order valence-electron chi connectivity index (χ2n) is 5.79. The van der Waals surface area contributed by atoms with Crippen molar-refractivity contribution in [1.82, 2.24) is 14.8 Å². The number of hydrogen-bond acceptors (Lipinski definition) is 3. The van der Waals surface area contributed by atoms with Crippen molar-refractivity contribution in [2.75, 3.05) is 0 Å². The third-order valence-corrected chi connectivity index (χ3v) is 4.02. The molecular weight excluding hydrogens is 286 g/mol. The molecular formula is C19H17N3O. The van der Waals surface area contributed by atoms with Crippen LogP contribution in [-0.4, -0.2) is 14.8 Å². The molecule has 0 fully saturated rings. The van der Waals surface area contributed by atoms with E-state index in [4.69, 9.17) is 4.42 Å². The average Bonchev–Trinajstić information content (AvgIpc) is 3.14. The quantitative estimate of drug-likeness (QED) is 0.565. The van der Waals surface area contributed by atoms with E-state index in [1.54, 1.807) is 0 Å². The predicted molar refractivity (Wildman–Crippen MR) is 90.2 cm³/mol. The molecule has 0 radical (unpaired) electrons. The lowest BCUT2D eigenvalue weighted by atomic mass is 10.1. The first-order valence-corrected chi connectivity index (χ1v) is 7.65. The van der Waals surface area contributed by atoms with Crippen LogP contribution in [0.5, 0.6) is 0 Å². The summed E-state index contributed by atoms with van der Waals surface area (Å²) in [4.78, 5) is 0. The van der Waals surface area contributed by atoms with Gasteiger partial charge in [0.15, 0.2) is 0 Å². The Balaban J connectivity index is 1.87. The van der Waals surface area contributed by atoms with Gasteiger partial charge in [-0.3, -0.25) is 0 Å². The molecule has 0 aliphatic heterocycles. The maximum absolute atomic E-state index is 5.65. The molecule has 2 heterocycles. The van der Waals surface area contributed by atoms with Gasteiger partial charge in [0.2, 0.25) is 5.89 Å². The third kappa shape index (κ3) is 2.52. The summed E-state index contributed by atoms with van der Waals surface area (Å²) in [5.41, 5.74) is 4.62. The molecule has 0 bridgehead atoms. The molecule has 0 aliphatic rings. The summed E-state index contributed by atoms with van der Waals surface area (Å²) in [6.07, 6.45) is 0. The molecule has 0 spiro atoms. The van der Waals surface area contributed by atoms with Crippen LogP contribution in [-0.2, 0) is 6.54 Å². The van der Waals surface area contributed by atoms with Gasteiger partial charge in [-0.05, 0) is 24.6 Å². The van der Waals surface area contributed by atoms with Gasteiger partial charge < -0.3 is 8.98 Å². The standard InChI is InChI=1S/C19H17N3O/c1-13-7-9-15(10-8-13)12-22-17-6-4-3-5-16(17)11-18(22)19-21-20-14(2)23-19/h3-11H,12H2,1-2H3. The van der Waals surface area contributed by atoms with Gasteiger partial charge in [0.25, 0.3) is 5.89 Å². The first-order chi connectivity index (χ1) is 11.2. The first-order valence-electron chi connectivity index (χ1n) is 7.65. The number of aromatic nitrogens is 3. The number of para-hydroxylation sites is 1. The molecule has 0 unspecified atom stereocenters. The van der Waals surface area contributed by atoms with Gasteiger partial charge in [-0.25, -0.2) is 0 Å². The second-order valence-corrected chi connectivity index (χ2v) is 5.79. The van der Waals surface area contributed by atoms with Crippen LogP contribution in [0, 0.1) is 13.8 Å². The minimum absolute atomic E-state index is 0.561. The highest BCUT2D eigenvalue weighted by Crippen LogP contribution is 2.28. The molecule has 2 aromatic carbocycles. The van der Waals surface area contributed by atoms with E-state index in [2.05, 4.69) is 70.2 Å². The number of hydrogen-bond donors (Lipinski definition) is 0. The smallest absolute Gasteiger partial charge is 0.264 e. The van der Waals surface area contributed by atoms with Crippen molar-refractivity contribution in [2.45, 2.75) is 20.4 Å². The third-order valence-electron chi connectivity index (χ3n) is 4.02. The fraction of sp³-hybridized carbons (Fsp3) is 0.158. The molecule has 0 aliphatic carbocycles. The Bertz CT molecular complexity index is 964. The number of aryl methyl sites for hydroxylation is 2. The predicted octanol–water partition coefficient (Wildman–Crippen LogP) is 4.36. The zero-order valence-corrected chi connectivity index (χ0v) is 13.2. The monoisotopic (exact) mass is 303 g/mol. The number of nitrogens with zero attached hydrogens (tertiary/aromatic N) is 3. The van der Waals surface area contributed by atoms with Crippen LogP contribution in [0.3, 0.4) is 0 Å². The Morgan fingerprint density at radius 3 is 2.48 bits per heavy atom. The zero-order valence-electron chi connectivity index (χ0n) is 13.2. The van der Waals surface area contributed by atoms with Gasteiger partial charge in [0.05, 0.1) is 0 Å². The lowest BCUT2D eigenvalue weighted by molar-refractivity contribution is 0.528. The molecule has 0 saturated heterocycles. The van der Waals surface area contributed by atoms with E-state index in [9.17, 15) is 0 Å². The molecule has 23 heavy (non-hydrogen) atoms. The summed E-state index contributed by atoms with van der Waals surface area (Å²) in [6, 6.07) is 19.0. The first kappa shape index (κ1) is 13.8. The van der Waals surface area contributed by atoms with Gasteiger partial charge in [-0.15, -0.1) is 10.2 Å². The van der Waals surface area contributed by atoms with E-state index in [1.165, 1.54) is 22.0 Å². The molecule has 2 aromatic heterocycles. The number of benzene rings is 2. The number of fused-ring (bicyclic) bond motifs is 1. The largest absolute Gasteiger partial charge is 0.420 e. The zero-order chi connectivity index (χ0) is 15.8. The van der Waals surface area contributed by atoms with E-state index in [0.29, 0.717) is 11.8 Å². The van der Waals surface area contributed by atoms with Gasteiger partial charge in [-0.2, -0.15) is 0 Å². The van der Waals surface area contributed by atoms with Crippen molar-refractivity contribution in [2.24, 2.45) is 0 Å². The maximum atomic E-state index is 5.65. The summed E-state index contributed by atoms with van der Waals surface area (Å²) in [5.74, 6) is 1.14. The van der Waals surface area contributed by atoms with Crippen molar-refractivity contribution in [3.8, 4) is 11.6 Å². The second kappa shape index (κ2) is 5.39. The van der Waals surface area contributed by atoms with Crippen LogP contribution >= 0.6 is 0 Å². The fourth-order valence-corrected chi connectivity index (χ4v) is 2.83. The molecule has 4 aromatic rings. The van der Waals surface area contributed by atoms with Crippen molar-refractivity contribution >= 4 is 10.9 Å². The minimum Gasteiger partial charge on any atom is -0.420 e. The van der Waals surface area contributed by atoms with Crippen LogP contribution in [0.1, 0.15) is 17.0 Å². The molecule has 0 saturated carbocycles. The van der Waals surface area contributed by atoms with E-state index >= 15 is 0 Å². The Hall–Kier alpha value is -2.88. The van der Waals surface area contributed by atoms with Crippen molar-refractivity contribution in [1.29, 1.82) is 0 Å². The lowest BCUT2D eigenvalue weighted by Gasteiger charge is -2.09. The average molecular weight is 303 g/mol. The molecule has 4 nitrogen and oxygen atoms in total. The van der Waals surface area contributed by atoms with Crippen molar-refractivity contribution < 1.29 is 4.42 Å². The summed E-state index contributed by atoms with van der Waals surface area (Å²) in [6.45, 7) is 4.68. The van der Waals surface area contributed by atoms with Crippen molar-refractivity contribution in [3.63, 3.8) is 0 Å². The summed E-state index contributed by atoms with van der Waals surface area (Å²) < 4.78 is 7.88. The molecule has 4 rings (SSSR count). The topological polar surface area (TPSA) is 43.9 Å². The normalized spacial score (nSPS) is 11.2. The molecule has 0 atom stereocenters. The highest BCUT2D eigenvalue weighted by Gasteiger charge is 2.15. The Morgan fingerprint density at radius 1 is 0.957 bits per heavy atom. The Labute approximate surface area is 134 Å². The maximum Gasteiger partial charge on any atom is 0.264 e. The van der Waals surface area contributed by atoms with Crippen LogP contribution < -0.4 is 0 Å². The molecule has 4 heteroatoms. The lowest BCUT2D eigenvalue weighted by Crippen LogP contribution is -2.01. The highest BCUT2D eigenvalue weighted by atomic mass is 16.4. The van der Waals surface area contributed by atoms with E-state index in [-0.39, 0.29) is 0 Å². The van der Waals surface area contributed by atoms with Crippen LogP contribution in [0.4, 0.5) is 0 Å². The van der Waals surface area contributed by atoms with Gasteiger partial charge >= 0.3 is 0 Å². The highest BCUT2D eigenvalue weighted by molar-refractivity contribution is 5.85. The summed E-state index contributed by atoms with van der Waals surface area (Å²) in [7, 11) is 0. The Morgan fingerprint density at radius 2 is 1.74 bits per heavy atom. The molecule has 0 N–H and O–H groups in total. The van der Waals surface area contributed by atoms with Crippen LogP contribution in [0.2, 0.25) is 0 Å². The van der Waals surface area contributed by atoms with Crippen LogP contribution in [0.25, 0.3) is 22.5 Å². The van der Waals surface area contributed by atoms with E-state index in [0.717, 1.165) is 12.2 Å². The van der Waals surface area contributed by atoms with E-state index < -0.39 is 0 Å². The van der Waals surface area contributed by atoms with E-state index in [1.807, 2.05) is 13.0 Å².